The van der Waals surface area contributed by atoms with Gasteiger partial charge in [-0.2, -0.15) is 9.61 Å². The van der Waals surface area contributed by atoms with Crippen LogP contribution < -0.4 is 5.56 Å². The topological polar surface area (TPSA) is 73.6 Å². The lowest BCUT2D eigenvalue weighted by atomic mass is 10.2. The number of esters is 1. The fourth-order valence-corrected chi connectivity index (χ4v) is 1.52. The number of fused-ring (bicyclic) bond motifs is 1. The number of aryl methyl sites for hydroxylation is 2. The van der Waals surface area contributed by atoms with Gasteiger partial charge in [0, 0.05) is 6.07 Å². The maximum absolute atomic E-state index is 11.8. The van der Waals surface area contributed by atoms with Crippen LogP contribution in [-0.2, 0) is 4.74 Å². The monoisotopic (exact) mass is 277 g/mol. The number of carbonyl (C=O) groups excluding carboxylic acids is 1. The number of carbonyl (C=O) groups is 1. The van der Waals surface area contributed by atoms with Crippen molar-refractivity contribution in [2.24, 2.45) is 0 Å². The van der Waals surface area contributed by atoms with Crippen molar-refractivity contribution in [1.82, 2.24) is 14.6 Å². The molecule has 0 radical (unpaired) electrons. The summed E-state index contributed by atoms with van der Waals surface area (Å²) in [5, 5.41) is 4.11. The summed E-state index contributed by atoms with van der Waals surface area (Å²) in [6.45, 7) is 9.61. The molecule has 0 amide bonds. The summed E-state index contributed by atoms with van der Waals surface area (Å²) in [7, 11) is 0. The molecule has 108 valence electrons. The summed E-state index contributed by atoms with van der Waals surface area (Å²) in [4.78, 5) is 27.4. The zero-order chi connectivity index (χ0) is 15.3. The standard InChI is InChI=1S/C12H13N3O3.C2H6/c1-4-18-12(17)9-6-11(16)15-10(13-9)5-7(2)8(3)14-15;1-2/h5-6H,4H2,1-3H3;1-2H3. The molecule has 0 unspecified atom stereocenters. The minimum Gasteiger partial charge on any atom is -0.461 e. The summed E-state index contributed by atoms with van der Waals surface area (Å²) in [6, 6.07) is 2.85. The zero-order valence-electron chi connectivity index (χ0n) is 12.4. The first kappa shape index (κ1) is 15.8. The molecule has 0 aromatic carbocycles. The van der Waals surface area contributed by atoms with E-state index in [2.05, 4.69) is 10.1 Å². The van der Waals surface area contributed by atoms with Crippen LogP contribution in [0.3, 0.4) is 0 Å². The second-order valence-electron chi connectivity index (χ2n) is 3.88. The Morgan fingerprint density at radius 1 is 1.30 bits per heavy atom. The van der Waals surface area contributed by atoms with E-state index in [1.54, 1.807) is 19.9 Å². The highest BCUT2D eigenvalue weighted by Gasteiger charge is 2.12. The molecule has 0 spiro atoms. The lowest BCUT2D eigenvalue weighted by Crippen LogP contribution is -2.21. The van der Waals surface area contributed by atoms with Gasteiger partial charge in [0.25, 0.3) is 5.56 Å². The SMILES string of the molecule is CC.CCOC(=O)c1cc(=O)n2nc(C)c(C)cc2n1. The Labute approximate surface area is 117 Å². The van der Waals surface area contributed by atoms with Gasteiger partial charge in [-0.3, -0.25) is 4.79 Å². The second-order valence-corrected chi connectivity index (χ2v) is 3.88. The number of rotatable bonds is 2. The molecule has 0 aliphatic rings. The van der Waals surface area contributed by atoms with Gasteiger partial charge in [-0.1, -0.05) is 13.8 Å². The lowest BCUT2D eigenvalue weighted by molar-refractivity contribution is 0.0519. The predicted molar refractivity (Wildman–Crippen MR) is 76.0 cm³/mol. The smallest absolute Gasteiger partial charge is 0.357 e. The molecule has 0 fully saturated rings. The maximum Gasteiger partial charge on any atom is 0.357 e. The average Bonchev–Trinajstić information content (AvgIpc) is 2.43. The van der Waals surface area contributed by atoms with Crippen LogP contribution in [0.1, 0.15) is 42.5 Å². The number of hydrogen-bond donors (Lipinski definition) is 0. The van der Waals surface area contributed by atoms with E-state index in [9.17, 15) is 9.59 Å². The van der Waals surface area contributed by atoms with Crippen LogP contribution in [0.5, 0.6) is 0 Å². The Bertz CT molecular complexity index is 677. The van der Waals surface area contributed by atoms with Crippen molar-refractivity contribution < 1.29 is 9.53 Å². The van der Waals surface area contributed by atoms with Gasteiger partial charge in [-0.05, 0) is 32.4 Å². The van der Waals surface area contributed by atoms with Gasteiger partial charge in [-0.15, -0.1) is 0 Å². The molecule has 6 nitrogen and oxygen atoms in total. The normalized spacial score (nSPS) is 9.85. The maximum atomic E-state index is 11.8. The molecule has 0 saturated carbocycles. The molecule has 0 N–H and O–H groups in total. The van der Waals surface area contributed by atoms with Gasteiger partial charge >= 0.3 is 5.97 Å². The summed E-state index contributed by atoms with van der Waals surface area (Å²) >= 11 is 0. The molecular formula is C14H19N3O3. The van der Waals surface area contributed by atoms with Crippen molar-refractivity contribution >= 4 is 11.6 Å². The van der Waals surface area contributed by atoms with Crippen LogP contribution >= 0.6 is 0 Å². The highest BCUT2D eigenvalue weighted by atomic mass is 16.5. The largest absolute Gasteiger partial charge is 0.461 e. The Hall–Kier alpha value is -2.24. The Kier molecular flexibility index (Phi) is 5.37. The second kappa shape index (κ2) is 6.79. The van der Waals surface area contributed by atoms with Crippen molar-refractivity contribution in [3.63, 3.8) is 0 Å². The van der Waals surface area contributed by atoms with Crippen molar-refractivity contribution in [3.05, 3.63) is 39.4 Å². The van der Waals surface area contributed by atoms with E-state index in [1.807, 2.05) is 20.8 Å². The Morgan fingerprint density at radius 2 is 1.95 bits per heavy atom. The van der Waals surface area contributed by atoms with Crippen LogP contribution in [0.4, 0.5) is 0 Å². The summed E-state index contributed by atoms with van der Waals surface area (Å²) in [5.74, 6) is -0.602. The average molecular weight is 277 g/mol. The third-order valence-corrected chi connectivity index (χ3v) is 2.57. The van der Waals surface area contributed by atoms with Crippen LogP contribution in [-0.4, -0.2) is 27.2 Å². The van der Waals surface area contributed by atoms with Gasteiger partial charge in [0.1, 0.15) is 0 Å². The van der Waals surface area contributed by atoms with Gasteiger partial charge < -0.3 is 4.74 Å². The summed E-state index contributed by atoms with van der Waals surface area (Å²) in [6.07, 6.45) is 0. The molecule has 2 aromatic rings. The van der Waals surface area contributed by atoms with E-state index in [0.717, 1.165) is 17.3 Å². The minimum atomic E-state index is -0.602. The zero-order valence-corrected chi connectivity index (χ0v) is 12.4. The minimum absolute atomic E-state index is 0.00639. The van der Waals surface area contributed by atoms with E-state index in [4.69, 9.17) is 4.74 Å². The molecule has 20 heavy (non-hydrogen) atoms. The fraction of sp³-hybridized carbons (Fsp3) is 0.429. The third kappa shape index (κ3) is 3.20. The molecule has 2 heterocycles. The van der Waals surface area contributed by atoms with E-state index < -0.39 is 11.5 Å². The summed E-state index contributed by atoms with van der Waals surface area (Å²) in [5.41, 5.74) is 1.60. The first-order valence-electron chi connectivity index (χ1n) is 6.58. The van der Waals surface area contributed by atoms with Crippen molar-refractivity contribution in [2.75, 3.05) is 6.61 Å². The van der Waals surface area contributed by atoms with Crippen molar-refractivity contribution in [2.45, 2.75) is 34.6 Å². The number of ether oxygens (including phenoxy) is 1. The van der Waals surface area contributed by atoms with E-state index in [0.29, 0.717) is 5.65 Å². The molecular weight excluding hydrogens is 258 g/mol. The van der Waals surface area contributed by atoms with Gasteiger partial charge in [0.2, 0.25) is 0 Å². The van der Waals surface area contributed by atoms with Gasteiger partial charge in [0.05, 0.1) is 12.3 Å². The Morgan fingerprint density at radius 3 is 2.55 bits per heavy atom. The predicted octanol–water partition coefficient (Wildman–Crippen LogP) is 1.91. The highest BCUT2D eigenvalue weighted by molar-refractivity contribution is 5.87. The van der Waals surface area contributed by atoms with Crippen LogP contribution in [0.25, 0.3) is 5.65 Å². The van der Waals surface area contributed by atoms with E-state index >= 15 is 0 Å². The number of nitrogens with zero attached hydrogens (tertiary/aromatic N) is 3. The van der Waals surface area contributed by atoms with E-state index in [1.165, 1.54) is 4.52 Å². The summed E-state index contributed by atoms with van der Waals surface area (Å²) < 4.78 is 5.99. The molecule has 0 aliphatic carbocycles. The molecule has 0 saturated heterocycles. The van der Waals surface area contributed by atoms with Gasteiger partial charge in [0.15, 0.2) is 11.3 Å². The van der Waals surface area contributed by atoms with Crippen molar-refractivity contribution in [1.29, 1.82) is 0 Å². The molecule has 0 aliphatic heterocycles. The van der Waals surface area contributed by atoms with Crippen LogP contribution in [0.15, 0.2) is 16.9 Å². The fourth-order valence-electron chi connectivity index (χ4n) is 1.52. The van der Waals surface area contributed by atoms with E-state index in [-0.39, 0.29) is 12.3 Å². The quantitative estimate of drug-likeness (QED) is 0.784. The van der Waals surface area contributed by atoms with Crippen LogP contribution in [0, 0.1) is 13.8 Å². The highest BCUT2D eigenvalue weighted by Crippen LogP contribution is 2.06. The Balaban J connectivity index is 0.000000956. The van der Waals surface area contributed by atoms with Crippen LogP contribution in [0.2, 0.25) is 0 Å². The molecule has 0 bridgehead atoms. The molecule has 0 atom stereocenters. The lowest BCUT2D eigenvalue weighted by Gasteiger charge is -2.05. The number of aromatic nitrogens is 3. The van der Waals surface area contributed by atoms with Gasteiger partial charge in [-0.25, -0.2) is 9.78 Å². The first-order chi connectivity index (χ1) is 9.52. The molecule has 2 aromatic heterocycles. The first-order valence-corrected chi connectivity index (χ1v) is 6.58. The van der Waals surface area contributed by atoms with Crippen molar-refractivity contribution in [3.8, 4) is 0 Å². The number of hydrogen-bond acceptors (Lipinski definition) is 5. The molecule has 2 rings (SSSR count). The molecule has 6 heteroatoms. The third-order valence-electron chi connectivity index (χ3n) is 2.57.